The molecule has 0 atom stereocenters. The number of carbonyl (C=O) groups is 2. The fraction of sp³-hybridized carbons (Fsp3) is 0.160. The Kier molecular flexibility index (Phi) is 8.56. The number of anilines is 1. The monoisotopic (exact) mass is 465 g/mol. The first-order chi connectivity index (χ1) is 16.5. The molecule has 0 aliphatic carbocycles. The van der Waals surface area contributed by atoms with Gasteiger partial charge in [-0.1, -0.05) is 18.2 Å². The number of nitrogens with zero attached hydrogens (tertiary/aromatic N) is 1. The molecule has 3 aromatic carbocycles. The van der Waals surface area contributed by atoms with Gasteiger partial charge < -0.3 is 19.5 Å². The summed E-state index contributed by atoms with van der Waals surface area (Å²) in [6.07, 6.45) is 1.41. The molecule has 0 aliphatic heterocycles. The number of hydrogen-bond acceptors (Lipinski definition) is 6. The number of methoxy groups -OCH3 is 1. The predicted molar refractivity (Wildman–Crippen MR) is 126 cm³/mol. The maximum atomic E-state index is 13.3. The van der Waals surface area contributed by atoms with Crippen LogP contribution in [0.3, 0.4) is 0 Å². The molecule has 0 aliphatic rings. The van der Waals surface area contributed by atoms with E-state index in [4.69, 9.17) is 14.2 Å². The van der Waals surface area contributed by atoms with E-state index in [1.807, 2.05) is 6.92 Å². The van der Waals surface area contributed by atoms with Gasteiger partial charge in [-0.2, -0.15) is 5.10 Å². The topological polar surface area (TPSA) is 98.3 Å². The lowest BCUT2D eigenvalue weighted by atomic mass is 10.2. The quantitative estimate of drug-likeness (QED) is 0.348. The lowest BCUT2D eigenvalue weighted by molar-refractivity contribution is -0.118. The predicted octanol–water partition coefficient (Wildman–Crippen LogP) is 4.01. The highest BCUT2D eigenvalue weighted by Gasteiger charge is 2.11. The number of nitrogens with one attached hydrogen (secondary N) is 2. The number of halogens is 1. The van der Waals surface area contributed by atoms with E-state index in [-0.39, 0.29) is 18.1 Å². The molecule has 34 heavy (non-hydrogen) atoms. The van der Waals surface area contributed by atoms with Crippen LogP contribution in [-0.4, -0.2) is 38.4 Å². The van der Waals surface area contributed by atoms with Crippen molar-refractivity contribution in [3.63, 3.8) is 0 Å². The van der Waals surface area contributed by atoms with Crippen LogP contribution in [0.15, 0.2) is 71.8 Å². The molecule has 0 fully saturated rings. The van der Waals surface area contributed by atoms with E-state index in [0.29, 0.717) is 35.1 Å². The molecule has 176 valence electrons. The van der Waals surface area contributed by atoms with Crippen LogP contribution >= 0.6 is 0 Å². The van der Waals surface area contributed by atoms with Gasteiger partial charge in [-0.15, -0.1) is 0 Å². The molecule has 0 saturated heterocycles. The Hall–Kier alpha value is -4.40. The number of hydrazone groups is 1. The SMILES string of the molecule is CCOc1cc(/C=N\NC(=O)c2cccc(F)c2)ccc1OCC(=O)Nc1ccccc1OC. The summed E-state index contributed by atoms with van der Waals surface area (Å²) >= 11 is 0. The van der Waals surface area contributed by atoms with Gasteiger partial charge in [-0.25, -0.2) is 9.82 Å². The summed E-state index contributed by atoms with van der Waals surface area (Å²) in [7, 11) is 1.52. The highest BCUT2D eigenvalue weighted by Crippen LogP contribution is 2.28. The second-order valence-corrected chi connectivity index (χ2v) is 6.89. The summed E-state index contributed by atoms with van der Waals surface area (Å²) in [5.41, 5.74) is 3.65. The number of rotatable bonds is 10. The molecule has 2 amide bonds. The average molecular weight is 465 g/mol. The first-order valence-electron chi connectivity index (χ1n) is 10.4. The molecule has 0 aromatic heterocycles. The Bertz CT molecular complexity index is 1180. The highest BCUT2D eigenvalue weighted by atomic mass is 19.1. The van der Waals surface area contributed by atoms with E-state index in [1.54, 1.807) is 42.5 Å². The van der Waals surface area contributed by atoms with Crippen LogP contribution in [0.4, 0.5) is 10.1 Å². The molecule has 9 heteroatoms. The zero-order chi connectivity index (χ0) is 24.3. The van der Waals surface area contributed by atoms with Crippen molar-refractivity contribution in [1.82, 2.24) is 5.43 Å². The van der Waals surface area contributed by atoms with Crippen LogP contribution in [0.25, 0.3) is 0 Å². The molecule has 0 bridgehead atoms. The number of hydrogen-bond donors (Lipinski definition) is 2. The molecule has 0 unspecified atom stereocenters. The van der Waals surface area contributed by atoms with Gasteiger partial charge >= 0.3 is 0 Å². The normalized spacial score (nSPS) is 10.6. The maximum Gasteiger partial charge on any atom is 0.271 e. The smallest absolute Gasteiger partial charge is 0.271 e. The fourth-order valence-corrected chi connectivity index (χ4v) is 2.93. The van der Waals surface area contributed by atoms with Gasteiger partial charge in [-0.3, -0.25) is 9.59 Å². The van der Waals surface area contributed by atoms with Crippen LogP contribution in [0.5, 0.6) is 17.2 Å². The van der Waals surface area contributed by atoms with Gasteiger partial charge in [-0.05, 0) is 61.0 Å². The zero-order valence-corrected chi connectivity index (χ0v) is 18.7. The molecule has 0 spiro atoms. The summed E-state index contributed by atoms with van der Waals surface area (Å²) in [5.74, 6) is -0.0884. The molecule has 0 heterocycles. The van der Waals surface area contributed by atoms with Crippen molar-refractivity contribution in [3.8, 4) is 17.2 Å². The molecule has 8 nitrogen and oxygen atoms in total. The first-order valence-corrected chi connectivity index (χ1v) is 10.4. The standard InChI is InChI=1S/C25H24FN3O5/c1-3-33-23-13-17(15-27-29-25(31)18-7-6-8-19(26)14-18)11-12-22(23)34-16-24(30)28-20-9-4-5-10-21(20)32-2/h4-15H,3,16H2,1-2H3,(H,28,30)(H,29,31)/b27-15-. The lowest BCUT2D eigenvalue weighted by Gasteiger charge is -2.13. The summed E-state index contributed by atoms with van der Waals surface area (Å²) in [4.78, 5) is 24.4. The van der Waals surface area contributed by atoms with Crippen molar-refractivity contribution in [2.24, 2.45) is 5.10 Å². The van der Waals surface area contributed by atoms with Gasteiger partial charge in [0, 0.05) is 5.56 Å². The molecular formula is C25H24FN3O5. The third-order valence-corrected chi connectivity index (χ3v) is 4.47. The summed E-state index contributed by atoms with van der Waals surface area (Å²) in [6, 6.07) is 17.3. The van der Waals surface area contributed by atoms with E-state index in [9.17, 15) is 14.0 Å². The van der Waals surface area contributed by atoms with Gasteiger partial charge in [0.1, 0.15) is 11.6 Å². The van der Waals surface area contributed by atoms with Crippen molar-refractivity contribution in [2.75, 3.05) is 25.6 Å². The van der Waals surface area contributed by atoms with Crippen molar-refractivity contribution in [1.29, 1.82) is 0 Å². The minimum Gasteiger partial charge on any atom is -0.495 e. The molecular weight excluding hydrogens is 441 g/mol. The van der Waals surface area contributed by atoms with Gasteiger partial charge in [0.2, 0.25) is 0 Å². The summed E-state index contributed by atoms with van der Waals surface area (Å²) in [6.45, 7) is 1.95. The molecule has 3 rings (SSSR count). The van der Waals surface area contributed by atoms with Crippen LogP contribution in [0, 0.1) is 5.82 Å². The maximum absolute atomic E-state index is 13.3. The first kappa shape index (κ1) is 24.2. The van der Waals surface area contributed by atoms with Crippen molar-refractivity contribution < 1.29 is 28.2 Å². The van der Waals surface area contributed by atoms with Gasteiger partial charge in [0.05, 0.1) is 25.6 Å². The van der Waals surface area contributed by atoms with Crippen LogP contribution < -0.4 is 25.0 Å². The second kappa shape index (κ2) is 12.0. The molecule has 2 N–H and O–H groups in total. The Morgan fingerprint density at radius 3 is 2.56 bits per heavy atom. The second-order valence-electron chi connectivity index (χ2n) is 6.89. The Morgan fingerprint density at radius 2 is 1.79 bits per heavy atom. The lowest BCUT2D eigenvalue weighted by Crippen LogP contribution is -2.20. The van der Waals surface area contributed by atoms with Crippen LogP contribution in [-0.2, 0) is 4.79 Å². The van der Waals surface area contributed by atoms with Crippen molar-refractivity contribution >= 4 is 23.7 Å². The van der Waals surface area contributed by atoms with Crippen molar-refractivity contribution in [2.45, 2.75) is 6.92 Å². The third kappa shape index (κ3) is 6.80. The average Bonchev–Trinajstić information content (AvgIpc) is 2.84. The van der Waals surface area contributed by atoms with Gasteiger partial charge in [0.25, 0.3) is 11.8 Å². The van der Waals surface area contributed by atoms with Gasteiger partial charge in [0.15, 0.2) is 18.1 Å². The Labute approximate surface area is 196 Å². The van der Waals surface area contributed by atoms with E-state index in [2.05, 4.69) is 15.8 Å². The van der Waals surface area contributed by atoms with E-state index >= 15 is 0 Å². The van der Waals surface area contributed by atoms with E-state index < -0.39 is 11.7 Å². The fourth-order valence-electron chi connectivity index (χ4n) is 2.93. The Morgan fingerprint density at radius 1 is 0.971 bits per heavy atom. The minimum absolute atomic E-state index is 0.155. The number of carbonyl (C=O) groups excluding carboxylic acids is 2. The molecule has 3 aromatic rings. The number of benzene rings is 3. The Balaban J connectivity index is 1.61. The van der Waals surface area contributed by atoms with E-state index in [0.717, 1.165) is 6.07 Å². The van der Waals surface area contributed by atoms with Crippen LogP contribution in [0.2, 0.25) is 0 Å². The summed E-state index contributed by atoms with van der Waals surface area (Å²) < 4.78 is 29.7. The van der Waals surface area contributed by atoms with Crippen molar-refractivity contribution in [3.05, 3.63) is 83.7 Å². The number of amides is 2. The number of para-hydroxylation sites is 2. The molecule has 0 saturated carbocycles. The highest BCUT2D eigenvalue weighted by molar-refractivity contribution is 5.95. The van der Waals surface area contributed by atoms with E-state index in [1.165, 1.54) is 31.5 Å². The minimum atomic E-state index is -0.540. The molecule has 0 radical (unpaired) electrons. The number of ether oxygens (including phenoxy) is 3. The van der Waals surface area contributed by atoms with Crippen LogP contribution in [0.1, 0.15) is 22.8 Å². The third-order valence-electron chi connectivity index (χ3n) is 4.47. The summed E-state index contributed by atoms with van der Waals surface area (Å²) in [5, 5.41) is 6.63. The largest absolute Gasteiger partial charge is 0.495 e. The zero-order valence-electron chi connectivity index (χ0n) is 18.7.